The molecule has 11 heteroatoms. The van der Waals surface area contributed by atoms with Crippen molar-refractivity contribution in [1.82, 2.24) is 18.5 Å². The topological polar surface area (TPSA) is 267 Å². The first-order valence-corrected chi connectivity index (χ1v) is 4.07. The molecule has 0 amide bonds. The Labute approximate surface area is 109 Å². The lowest BCUT2D eigenvalue weighted by Gasteiger charge is -2.00. The Bertz CT molecular complexity index is 225. The number of carbonyl (C=O) groups is 4. The van der Waals surface area contributed by atoms with Crippen molar-refractivity contribution in [3.63, 3.8) is 0 Å². The molecule has 0 saturated carbocycles. The lowest BCUT2D eigenvalue weighted by atomic mass is 10.3. The van der Waals surface area contributed by atoms with Crippen LogP contribution >= 0.6 is 0 Å². The van der Waals surface area contributed by atoms with Crippen LogP contribution in [0, 0.1) is 0 Å². The highest BCUT2D eigenvalue weighted by Crippen LogP contribution is 1.83. The molecule has 0 aromatic rings. The molecule has 0 spiro atoms. The van der Waals surface area contributed by atoms with Gasteiger partial charge < -0.3 is 53.3 Å². The first kappa shape index (κ1) is 30.1. The first-order chi connectivity index (χ1) is 7.25. The van der Waals surface area contributed by atoms with Crippen molar-refractivity contribution in [3.05, 3.63) is 0 Å². The first-order valence-electron chi connectivity index (χ1n) is 4.07. The molecule has 0 atom stereocenters. The van der Waals surface area contributed by atoms with E-state index in [1.165, 1.54) is 0 Å². The number of hydrogen-bond acceptors (Lipinski definition) is 7. The van der Waals surface area contributed by atoms with E-state index in [0.29, 0.717) is 0 Å². The fourth-order valence-corrected chi connectivity index (χ4v) is 0.413. The summed E-state index contributed by atoms with van der Waals surface area (Å²) in [6.45, 7) is 0. The van der Waals surface area contributed by atoms with E-state index in [2.05, 4.69) is 0 Å². The zero-order valence-electron chi connectivity index (χ0n) is 11.1. The van der Waals surface area contributed by atoms with Crippen molar-refractivity contribution in [1.29, 1.82) is 0 Å². The van der Waals surface area contributed by atoms with Crippen LogP contribution in [0.1, 0.15) is 25.7 Å². The van der Waals surface area contributed by atoms with Gasteiger partial charge in [0.2, 0.25) is 0 Å². The molecule has 0 radical (unpaired) electrons. The third-order valence-electron chi connectivity index (χ3n) is 1.08. The van der Waals surface area contributed by atoms with Gasteiger partial charge in [-0.1, -0.05) is 0 Å². The molecule has 13 N–H and O–H groups in total. The summed E-state index contributed by atoms with van der Waals surface area (Å²) in [5.74, 6) is -5.18. The number of quaternary nitrogens is 3. The average Bonchev–Trinajstić information content (AvgIpc) is 2.12. The zero-order valence-corrected chi connectivity index (χ0v) is 11.1. The van der Waals surface area contributed by atoms with Crippen molar-refractivity contribution in [2.75, 3.05) is 0 Å². The summed E-state index contributed by atoms with van der Waals surface area (Å²) < 4.78 is 0. The highest BCUT2D eigenvalue weighted by atomic mass is 16.4. The number of carboxylic acids is 4. The lowest BCUT2D eigenvalue weighted by molar-refractivity contribution is -0.315. The van der Waals surface area contributed by atoms with Crippen molar-refractivity contribution in [2.24, 2.45) is 0 Å². The summed E-state index contributed by atoms with van der Waals surface area (Å²) in [5, 5.41) is 36.4. The molecule has 0 fully saturated rings. The second-order valence-corrected chi connectivity index (χ2v) is 2.51. The van der Waals surface area contributed by atoms with Crippen molar-refractivity contribution in [3.8, 4) is 0 Å². The molecule has 116 valence electrons. The predicted octanol–water partition coefficient (Wildman–Crippen LogP) is -3.00. The summed E-state index contributed by atoms with van der Waals surface area (Å²) in [6.07, 6.45) is -1.71. The Morgan fingerprint density at radius 1 is 0.632 bits per heavy atom. The van der Waals surface area contributed by atoms with E-state index in [0.717, 1.165) is 0 Å². The molecule has 0 unspecified atom stereocenters. The van der Waals surface area contributed by atoms with E-state index in [-0.39, 0.29) is 24.9 Å². The Morgan fingerprint density at radius 2 is 0.842 bits per heavy atom. The summed E-state index contributed by atoms with van der Waals surface area (Å²) in [4.78, 5) is 38.1. The molecule has 0 aromatic heterocycles. The number of carbonyl (C=O) groups excluding carboxylic acids is 3. The summed E-state index contributed by atoms with van der Waals surface area (Å²) in [5.41, 5.74) is 0. The Morgan fingerprint density at radius 3 is 0.947 bits per heavy atom. The van der Waals surface area contributed by atoms with Crippen molar-refractivity contribution >= 4 is 23.9 Å². The molecule has 0 heterocycles. The maximum absolute atomic E-state index is 9.61. The number of rotatable bonds is 6. The van der Waals surface area contributed by atoms with Crippen molar-refractivity contribution < 1.29 is 39.6 Å². The normalized spacial score (nSPS) is 7.16. The lowest BCUT2D eigenvalue weighted by Crippen LogP contribution is -2.27. The van der Waals surface area contributed by atoms with E-state index >= 15 is 0 Å². The van der Waals surface area contributed by atoms with Gasteiger partial charge in [-0.3, -0.25) is 4.79 Å². The minimum absolute atomic E-state index is 0. The standard InChI is InChI=1S/2C4H6O4.3H3N/c2*5-3(6)1-2-4(7)8;;;/h2*1-2H2,(H,5,6)(H,7,8);3*1H3. The van der Waals surface area contributed by atoms with Crippen LogP contribution in [0.25, 0.3) is 0 Å². The molecule has 0 aliphatic carbocycles. The van der Waals surface area contributed by atoms with Gasteiger partial charge in [0.25, 0.3) is 0 Å². The van der Waals surface area contributed by atoms with Crippen LogP contribution in [0.4, 0.5) is 0 Å². The van der Waals surface area contributed by atoms with Crippen LogP contribution in [-0.4, -0.2) is 29.0 Å². The maximum atomic E-state index is 9.61. The monoisotopic (exact) mass is 287 g/mol. The van der Waals surface area contributed by atoms with Gasteiger partial charge >= 0.3 is 5.97 Å². The summed E-state index contributed by atoms with van der Waals surface area (Å²) in [7, 11) is 0. The van der Waals surface area contributed by atoms with Crippen LogP contribution < -0.4 is 33.8 Å². The van der Waals surface area contributed by atoms with Crippen LogP contribution in [0.2, 0.25) is 0 Å². The van der Waals surface area contributed by atoms with Crippen LogP contribution in [0.15, 0.2) is 0 Å². The number of hydrogen-bond donors (Lipinski definition) is 4. The molecule has 0 aliphatic heterocycles. The molecular weight excluding hydrogens is 266 g/mol. The third-order valence-corrected chi connectivity index (χ3v) is 1.08. The highest BCUT2D eigenvalue weighted by Gasteiger charge is 1.94. The molecule has 11 nitrogen and oxygen atoms in total. The Kier molecular flexibility index (Phi) is 28.7. The minimum atomic E-state index is -1.37. The van der Waals surface area contributed by atoms with Gasteiger partial charge in [-0.2, -0.15) is 0 Å². The molecule has 19 heavy (non-hydrogen) atoms. The predicted molar refractivity (Wildman–Crippen MR) is 59.1 cm³/mol. The van der Waals surface area contributed by atoms with Gasteiger partial charge in [-0.25, -0.2) is 0 Å². The molecule has 0 saturated heterocycles. The van der Waals surface area contributed by atoms with Gasteiger partial charge in [-0.05, 0) is 19.3 Å². The highest BCUT2D eigenvalue weighted by molar-refractivity contribution is 5.74. The Balaban J connectivity index is -0.0000000594. The minimum Gasteiger partial charge on any atom is -0.550 e. The largest absolute Gasteiger partial charge is 0.550 e. The number of aliphatic carboxylic acids is 4. The molecular formula is C8H21N3O8. The average molecular weight is 287 g/mol. The van der Waals surface area contributed by atoms with E-state index in [9.17, 15) is 34.5 Å². The molecule has 0 aromatic carbocycles. The SMILES string of the molecule is O=C([O-])CCC(=O)O.O=C([O-])CCC(=O)[O-].[NH4+].[NH4+].[NH4+]. The smallest absolute Gasteiger partial charge is 0.303 e. The van der Waals surface area contributed by atoms with Crippen LogP contribution in [0.5, 0.6) is 0 Å². The van der Waals surface area contributed by atoms with Crippen LogP contribution in [-0.2, 0) is 19.2 Å². The number of carboxylic acid groups (broad SMARTS) is 4. The van der Waals surface area contributed by atoms with Gasteiger partial charge in [0, 0.05) is 17.9 Å². The fourth-order valence-electron chi connectivity index (χ4n) is 0.413. The van der Waals surface area contributed by atoms with Gasteiger partial charge in [-0.15, -0.1) is 0 Å². The molecule has 0 aliphatic rings. The molecule has 0 rings (SSSR count). The summed E-state index contributed by atoms with van der Waals surface area (Å²) in [6, 6.07) is 0. The van der Waals surface area contributed by atoms with E-state index in [1.54, 1.807) is 0 Å². The van der Waals surface area contributed by atoms with Gasteiger partial charge in [0.15, 0.2) is 0 Å². The summed E-state index contributed by atoms with van der Waals surface area (Å²) >= 11 is 0. The zero-order chi connectivity index (χ0) is 13.1. The third kappa shape index (κ3) is 49.6. The van der Waals surface area contributed by atoms with E-state index < -0.39 is 43.1 Å². The maximum Gasteiger partial charge on any atom is 0.303 e. The van der Waals surface area contributed by atoms with Gasteiger partial charge in [0.1, 0.15) is 0 Å². The quantitative estimate of drug-likeness (QED) is 0.389. The fraction of sp³-hybridized carbons (Fsp3) is 0.500. The van der Waals surface area contributed by atoms with E-state index in [1.807, 2.05) is 0 Å². The Hall–Kier alpha value is -2.24. The second-order valence-electron chi connectivity index (χ2n) is 2.51. The van der Waals surface area contributed by atoms with Crippen molar-refractivity contribution in [2.45, 2.75) is 25.7 Å². The second kappa shape index (κ2) is 18.1. The van der Waals surface area contributed by atoms with E-state index in [4.69, 9.17) is 5.11 Å². The van der Waals surface area contributed by atoms with Crippen LogP contribution in [0.3, 0.4) is 0 Å². The van der Waals surface area contributed by atoms with Gasteiger partial charge in [0.05, 0.1) is 6.42 Å². The molecule has 0 bridgehead atoms.